The molecule has 0 radical (unpaired) electrons. The number of carbonyl (C=O) groups is 1. The average molecular weight is 211 g/mol. The predicted molar refractivity (Wildman–Crippen MR) is 28.7 cm³/mol. The van der Waals surface area contributed by atoms with Gasteiger partial charge in [0, 0.05) is 21.1 Å². The van der Waals surface area contributed by atoms with Crippen LogP contribution in [-0.2, 0) is 25.9 Å². The maximum atomic E-state index is 10.1. The normalized spacial score (nSPS) is 25.1. The molecule has 2 N–H and O–H groups in total. The molecule has 0 saturated carbocycles. The maximum Gasteiger partial charge on any atom is 0.320 e. The van der Waals surface area contributed by atoms with Gasteiger partial charge in [-0.2, -0.15) is 0 Å². The molecule has 9 heavy (non-hydrogen) atoms. The second-order valence-electron chi connectivity index (χ2n) is 1.99. The van der Waals surface area contributed by atoms with Gasteiger partial charge in [-0.15, -0.1) is 0 Å². The molecule has 1 aliphatic rings. The molecule has 1 fully saturated rings. The van der Waals surface area contributed by atoms with Crippen molar-refractivity contribution in [3.8, 4) is 0 Å². The van der Waals surface area contributed by atoms with Gasteiger partial charge in [-0.3, -0.25) is 4.79 Å². The number of carboxylic acids is 1. The molecule has 1 saturated heterocycles. The Bertz CT molecular complexity index is 101. The first kappa shape index (κ1) is 9.12. The zero-order valence-corrected chi connectivity index (χ0v) is 6.97. The molecule has 0 aromatic carbocycles. The molecular weight excluding hydrogens is 202 g/mol. The molecule has 1 atom stereocenters. The van der Waals surface area contributed by atoms with Gasteiger partial charge < -0.3 is 10.4 Å². The summed E-state index contributed by atoms with van der Waals surface area (Å²) in [5.74, 6) is -0.720. The first-order valence-corrected chi connectivity index (χ1v) is 2.77. The van der Waals surface area contributed by atoms with Crippen molar-refractivity contribution in [3.63, 3.8) is 0 Å². The summed E-state index contributed by atoms with van der Waals surface area (Å²) in [5.41, 5.74) is 0. The third-order valence-electron chi connectivity index (χ3n) is 1.36. The second-order valence-corrected chi connectivity index (χ2v) is 1.99. The summed E-state index contributed by atoms with van der Waals surface area (Å²) < 4.78 is 0. The second kappa shape index (κ2) is 4.02. The van der Waals surface area contributed by atoms with E-state index in [-0.39, 0.29) is 27.1 Å². The van der Waals surface area contributed by atoms with Gasteiger partial charge in [0.05, 0.1) is 0 Å². The Morgan fingerprint density at radius 1 is 1.67 bits per heavy atom. The van der Waals surface area contributed by atoms with Crippen molar-refractivity contribution in [2.45, 2.75) is 18.9 Å². The zero-order chi connectivity index (χ0) is 5.98. The molecule has 1 aliphatic heterocycles. The van der Waals surface area contributed by atoms with Crippen LogP contribution in [0.15, 0.2) is 0 Å². The van der Waals surface area contributed by atoms with Crippen LogP contribution in [0.2, 0.25) is 0 Å². The van der Waals surface area contributed by atoms with E-state index in [9.17, 15) is 4.79 Å². The Hall–Kier alpha value is 0.118. The van der Waals surface area contributed by atoms with Crippen LogP contribution in [0, 0.1) is 0 Å². The molecule has 1 rings (SSSR count). The zero-order valence-electron chi connectivity index (χ0n) is 4.96. The summed E-state index contributed by atoms with van der Waals surface area (Å²) in [6.07, 6.45) is 1.78. The summed E-state index contributed by atoms with van der Waals surface area (Å²) in [6, 6.07) is -0.269. The first-order valence-electron chi connectivity index (χ1n) is 2.77. The molecular formula is C5H9MoNO2. The van der Waals surface area contributed by atoms with Crippen LogP contribution in [0.3, 0.4) is 0 Å². The standard InChI is InChI=1S/C5H9NO2.Mo/c7-5(8)4-2-1-3-6-4;/h4,6H,1-3H2,(H,7,8);/t4-;/m0./s1. The van der Waals surface area contributed by atoms with Gasteiger partial charge in [0.2, 0.25) is 0 Å². The number of hydrogen-bond acceptors (Lipinski definition) is 2. The fourth-order valence-electron chi connectivity index (χ4n) is 0.895. The molecule has 52 valence electrons. The van der Waals surface area contributed by atoms with E-state index in [2.05, 4.69) is 5.32 Å². The van der Waals surface area contributed by atoms with Crippen LogP contribution in [0.25, 0.3) is 0 Å². The van der Waals surface area contributed by atoms with Gasteiger partial charge >= 0.3 is 5.97 Å². The molecule has 0 bridgehead atoms. The predicted octanol–water partition coefficient (Wildman–Crippen LogP) is -0.179. The number of aliphatic carboxylic acids is 1. The molecule has 0 amide bonds. The average Bonchev–Trinajstić information content (AvgIpc) is 2.12. The smallest absolute Gasteiger partial charge is 0.320 e. The van der Waals surface area contributed by atoms with Crippen LogP contribution in [-0.4, -0.2) is 23.7 Å². The Labute approximate surface area is 68.1 Å². The molecule has 0 aromatic heterocycles. The molecule has 0 unspecified atom stereocenters. The van der Waals surface area contributed by atoms with Gasteiger partial charge in [0.15, 0.2) is 0 Å². The van der Waals surface area contributed by atoms with E-state index in [1.165, 1.54) is 0 Å². The molecule has 4 heteroatoms. The van der Waals surface area contributed by atoms with E-state index in [0.29, 0.717) is 0 Å². The van der Waals surface area contributed by atoms with Crippen molar-refractivity contribution in [1.29, 1.82) is 0 Å². The molecule has 1 heterocycles. The van der Waals surface area contributed by atoms with E-state index < -0.39 is 5.97 Å². The van der Waals surface area contributed by atoms with E-state index in [1.807, 2.05) is 0 Å². The number of hydrogen-bond donors (Lipinski definition) is 2. The molecule has 0 spiro atoms. The summed E-state index contributed by atoms with van der Waals surface area (Å²) >= 11 is 0. The fraction of sp³-hybridized carbons (Fsp3) is 0.800. The van der Waals surface area contributed by atoms with Crippen molar-refractivity contribution < 1.29 is 31.0 Å². The van der Waals surface area contributed by atoms with Crippen molar-refractivity contribution in [2.75, 3.05) is 6.54 Å². The molecule has 3 nitrogen and oxygen atoms in total. The minimum Gasteiger partial charge on any atom is -0.480 e. The maximum absolute atomic E-state index is 10.1. The number of rotatable bonds is 1. The Morgan fingerprint density at radius 2 is 2.33 bits per heavy atom. The van der Waals surface area contributed by atoms with Crippen LogP contribution in [0.4, 0.5) is 0 Å². The monoisotopic (exact) mass is 213 g/mol. The first-order chi connectivity index (χ1) is 3.80. The third kappa shape index (κ3) is 2.46. The molecule has 0 aromatic rings. The van der Waals surface area contributed by atoms with Crippen molar-refractivity contribution in [2.24, 2.45) is 0 Å². The van der Waals surface area contributed by atoms with Crippen molar-refractivity contribution >= 4 is 5.97 Å². The van der Waals surface area contributed by atoms with Gasteiger partial charge in [0.1, 0.15) is 6.04 Å². The summed E-state index contributed by atoms with van der Waals surface area (Å²) in [4.78, 5) is 10.1. The number of nitrogens with one attached hydrogen (secondary N) is 1. The van der Waals surface area contributed by atoms with Crippen LogP contribution < -0.4 is 5.32 Å². The van der Waals surface area contributed by atoms with Gasteiger partial charge in [0.25, 0.3) is 0 Å². The van der Waals surface area contributed by atoms with Crippen molar-refractivity contribution in [1.82, 2.24) is 5.32 Å². The van der Waals surface area contributed by atoms with E-state index in [1.54, 1.807) is 0 Å². The summed E-state index contributed by atoms with van der Waals surface area (Å²) in [5, 5.41) is 11.2. The van der Waals surface area contributed by atoms with Gasteiger partial charge in [-0.1, -0.05) is 0 Å². The largest absolute Gasteiger partial charge is 0.480 e. The fourth-order valence-corrected chi connectivity index (χ4v) is 0.895. The number of carboxylic acid groups (broad SMARTS) is 1. The third-order valence-corrected chi connectivity index (χ3v) is 1.36. The van der Waals surface area contributed by atoms with Gasteiger partial charge in [-0.05, 0) is 19.4 Å². The van der Waals surface area contributed by atoms with Crippen molar-refractivity contribution in [3.05, 3.63) is 0 Å². The van der Waals surface area contributed by atoms with Gasteiger partial charge in [-0.25, -0.2) is 0 Å². The summed E-state index contributed by atoms with van der Waals surface area (Å²) in [7, 11) is 0. The Balaban J connectivity index is 0.000000640. The molecule has 0 aliphatic carbocycles. The van der Waals surface area contributed by atoms with Crippen LogP contribution >= 0.6 is 0 Å². The minimum absolute atomic E-state index is 0. The quantitative estimate of drug-likeness (QED) is 0.591. The minimum atomic E-state index is -0.720. The SMILES string of the molecule is O=C(O)[C@@H]1CCCN1.[Mo]. The van der Waals surface area contributed by atoms with Crippen LogP contribution in [0.1, 0.15) is 12.8 Å². The Kier molecular flexibility index (Phi) is 4.07. The van der Waals surface area contributed by atoms with E-state index in [4.69, 9.17) is 5.11 Å². The van der Waals surface area contributed by atoms with E-state index >= 15 is 0 Å². The summed E-state index contributed by atoms with van der Waals surface area (Å²) in [6.45, 7) is 0.858. The van der Waals surface area contributed by atoms with Crippen LogP contribution in [0.5, 0.6) is 0 Å². The Morgan fingerprint density at radius 3 is 2.56 bits per heavy atom. The topological polar surface area (TPSA) is 49.3 Å². The van der Waals surface area contributed by atoms with E-state index in [0.717, 1.165) is 19.4 Å².